The van der Waals surface area contributed by atoms with Crippen molar-refractivity contribution in [2.45, 2.75) is 13.0 Å². The Morgan fingerprint density at radius 3 is 3.26 bits per heavy atom. The van der Waals surface area contributed by atoms with Crippen LogP contribution in [0, 0.1) is 0 Å². The molecule has 0 unspecified atom stereocenters. The zero-order chi connectivity index (χ0) is 12.7. The Hall–Kier alpha value is -1.50. The first-order valence-electron chi connectivity index (χ1n) is 6.20. The molecule has 1 N–H and O–H groups in total. The van der Waals surface area contributed by atoms with Gasteiger partial charge in [0.1, 0.15) is 0 Å². The lowest BCUT2D eigenvalue weighted by molar-refractivity contribution is 0.628. The molecule has 6 heteroatoms. The van der Waals surface area contributed by atoms with Gasteiger partial charge in [0.25, 0.3) is 0 Å². The van der Waals surface area contributed by atoms with Gasteiger partial charge >= 0.3 is 0 Å². The first-order valence-corrected chi connectivity index (χ1v) is 7.89. The molecule has 3 aromatic rings. The lowest BCUT2D eigenvalue weighted by atomic mass is 10.2. The van der Waals surface area contributed by atoms with Crippen LogP contribution in [0.1, 0.15) is 21.3 Å². The van der Waals surface area contributed by atoms with Crippen LogP contribution in [0.25, 0.3) is 17.1 Å². The Morgan fingerprint density at radius 1 is 1.37 bits per heavy atom. The number of hydrogen-bond donors (Lipinski definition) is 1. The number of nitrogens with zero attached hydrogens (tertiary/aromatic N) is 3. The summed E-state index contributed by atoms with van der Waals surface area (Å²) in [5.41, 5.74) is 1.32. The van der Waals surface area contributed by atoms with E-state index in [4.69, 9.17) is 0 Å². The molecular weight excluding hydrogens is 276 g/mol. The fourth-order valence-electron chi connectivity index (χ4n) is 2.25. The maximum Gasteiger partial charge on any atom is 0.213 e. The number of aromatic nitrogens is 3. The van der Waals surface area contributed by atoms with E-state index in [2.05, 4.69) is 32.9 Å². The van der Waals surface area contributed by atoms with Gasteiger partial charge in [-0.1, -0.05) is 17.4 Å². The van der Waals surface area contributed by atoms with Gasteiger partial charge in [0.2, 0.25) is 4.96 Å². The predicted molar refractivity (Wildman–Crippen MR) is 79.5 cm³/mol. The van der Waals surface area contributed by atoms with Gasteiger partial charge in [0.05, 0.1) is 5.69 Å². The summed E-state index contributed by atoms with van der Waals surface area (Å²) in [5.74, 6) is 0.793. The van der Waals surface area contributed by atoms with E-state index in [-0.39, 0.29) is 0 Å². The number of fused-ring (bicyclic) bond motifs is 3. The quantitative estimate of drug-likeness (QED) is 0.788. The van der Waals surface area contributed by atoms with Crippen molar-refractivity contribution in [2.24, 2.45) is 0 Å². The van der Waals surface area contributed by atoms with Gasteiger partial charge in [-0.15, -0.1) is 16.4 Å². The van der Waals surface area contributed by atoms with Crippen LogP contribution < -0.4 is 5.32 Å². The van der Waals surface area contributed by atoms with E-state index in [0.717, 1.165) is 30.3 Å². The highest BCUT2D eigenvalue weighted by Gasteiger charge is 2.17. The van der Waals surface area contributed by atoms with E-state index >= 15 is 0 Å². The fraction of sp³-hybridized carbons (Fsp3) is 0.231. The van der Waals surface area contributed by atoms with Gasteiger partial charge in [0, 0.05) is 29.3 Å². The second-order valence-corrected chi connectivity index (χ2v) is 6.45. The van der Waals surface area contributed by atoms with Crippen molar-refractivity contribution >= 4 is 39.8 Å². The largest absolute Gasteiger partial charge is 0.311 e. The Bertz CT molecular complexity index is 736. The van der Waals surface area contributed by atoms with E-state index in [1.807, 2.05) is 16.7 Å². The third-order valence-corrected chi connectivity index (χ3v) is 5.06. The second-order valence-electron chi connectivity index (χ2n) is 4.41. The molecule has 0 bridgehead atoms. The molecule has 96 valence electrons. The summed E-state index contributed by atoms with van der Waals surface area (Å²) < 4.78 is 2.01. The van der Waals surface area contributed by atoms with Crippen LogP contribution in [-0.4, -0.2) is 21.1 Å². The molecule has 0 saturated heterocycles. The molecule has 4 nitrogen and oxygen atoms in total. The lowest BCUT2D eigenvalue weighted by Crippen LogP contribution is -2.23. The highest BCUT2D eigenvalue weighted by Crippen LogP contribution is 2.25. The molecule has 0 fully saturated rings. The number of rotatable bonds is 2. The van der Waals surface area contributed by atoms with Crippen molar-refractivity contribution in [2.75, 3.05) is 6.54 Å². The molecule has 3 aromatic heterocycles. The van der Waals surface area contributed by atoms with E-state index in [0.29, 0.717) is 0 Å². The highest BCUT2D eigenvalue weighted by atomic mass is 32.1. The van der Waals surface area contributed by atoms with Crippen LogP contribution in [0.5, 0.6) is 0 Å². The minimum Gasteiger partial charge on any atom is -0.311 e. The molecule has 19 heavy (non-hydrogen) atoms. The molecule has 0 aromatic carbocycles. The van der Waals surface area contributed by atoms with E-state index in [1.165, 1.54) is 15.4 Å². The molecule has 1 aliphatic rings. The van der Waals surface area contributed by atoms with Crippen molar-refractivity contribution in [3.63, 3.8) is 0 Å². The van der Waals surface area contributed by atoms with Crippen LogP contribution >= 0.6 is 22.7 Å². The highest BCUT2D eigenvalue weighted by molar-refractivity contribution is 7.17. The Balaban J connectivity index is 1.71. The number of hydrogen-bond acceptors (Lipinski definition) is 5. The molecule has 4 rings (SSSR count). The van der Waals surface area contributed by atoms with Crippen LogP contribution in [0.3, 0.4) is 0 Å². The minimum atomic E-state index is 0.793. The normalized spacial score (nSPS) is 15.4. The standard InChI is InChI=1S/C13H12N4S2/c1-2-9(18-7-1)3-4-12-15-13-17(16-12)10-5-6-14-8-11(10)19-13/h1-4,7,14H,5-6,8H2/b4-3+. The Kier molecular flexibility index (Phi) is 2.72. The third kappa shape index (κ3) is 2.01. The number of nitrogens with one attached hydrogen (secondary N) is 1. The van der Waals surface area contributed by atoms with Crippen LogP contribution in [-0.2, 0) is 13.0 Å². The smallest absolute Gasteiger partial charge is 0.213 e. The number of thiophene rings is 1. The SMILES string of the molecule is C(=C\c1cccs1)/c1nc2sc3c(n2n1)CCNC3. The van der Waals surface area contributed by atoms with Crippen molar-refractivity contribution in [3.05, 3.63) is 38.8 Å². The summed E-state index contributed by atoms with van der Waals surface area (Å²) in [5, 5.41) is 10.0. The Morgan fingerprint density at radius 2 is 2.37 bits per heavy atom. The van der Waals surface area contributed by atoms with Gasteiger partial charge in [-0.3, -0.25) is 0 Å². The molecule has 0 amide bonds. The van der Waals surface area contributed by atoms with Gasteiger partial charge in [-0.2, -0.15) is 4.98 Å². The van der Waals surface area contributed by atoms with Gasteiger partial charge in [0.15, 0.2) is 5.82 Å². The molecule has 0 saturated carbocycles. The maximum atomic E-state index is 4.59. The summed E-state index contributed by atoms with van der Waals surface area (Å²) in [6.07, 6.45) is 5.09. The first-order chi connectivity index (χ1) is 9.40. The summed E-state index contributed by atoms with van der Waals surface area (Å²) in [6.45, 7) is 1.98. The van der Waals surface area contributed by atoms with Crippen LogP contribution in [0.15, 0.2) is 17.5 Å². The van der Waals surface area contributed by atoms with Crippen LogP contribution in [0.2, 0.25) is 0 Å². The molecule has 0 aliphatic carbocycles. The van der Waals surface area contributed by atoms with Crippen molar-refractivity contribution in [1.82, 2.24) is 19.9 Å². The maximum absolute atomic E-state index is 4.59. The van der Waals surface area contributed by atoms with E-state index in [1.54, 1.807) is 22.7 Å². The second kappa shape index (κ2) is 4.56. The Labute approximate surface area is 118 Å². The molecular formula is C13H12N4S2. The topological polar surface area (TPSA) is 42.2 Å². The molecule has 0 atom stereocenters. The van der Waals surface area contributed by atoms with Crippen molar-refractivity contribution in [3.8, 4) is 0 Å². The lowest BCUT2D eigenvalue weighted by Gasteiger charge is -2.10. The van der Waals surface area contributed by atoms with Crippen molar-refractivity contribution in [1.29, 1.82) is 0 Å². The molecule has 4 heterocycles. The molecule has 0 radical (unpaired) electrons. The number of thiazole rings is 1. The first kappa shape index (κ1) is 11.3. The van der Waals surface area contributed by atoms with E-state index < -0.39 is 0 Å². The third-order valence-electron chi connectivity index (χ3n) is 3.15. The molecule has 0 spiro atoms. The van der Waals surface area contributed by atoms with Gasteiger partial charge in [-0.05, 0) is 23.6 Å². The van der Waals surface area contributed by atoms with Crippen LogP contribution in [0.4, 0.5) is 0 Å². The van der Waals surface area contributed by atoms with Gasteiger partial charge in [-0.25, -0.2) is 4.52 Å². The van der Waals surface area contributed by atoms with E-state index in [9.17, 15) is 0 Å². The summed E-state index contributed by atoms with van der Waals surface area (Å²) in [7, 11) is 0. The zero-order valence-corrected chi connectivity index (χ0v) is 11.8. The predicted octanol–water partition coefficient (Wildman–Crippen LogP) is 2.67. The average molecular weight is 288 g/mol. The zero-order valence-electron chi connectivity index (χ0n) is 10.2. The summed E-state index contributed by atoms with van der Waals surface area (Å²) in [6, 6.07) is 4.14. The fourth-order valence-corrected chi connectivity index (χ4v) is 3.94. The molecule has 1 aliphatic heterocycles. The monoisotopic (exact) mass is 288 g/mol. The average Bonchev–Trinajstić information content (AvgIpc) is 3.12. The minimum absolute atomic E-state index is 0.793. The summed E-state index contributed by atoms with van der Waals surface area (Å²) in [4.78, 5) is 8.17. The van der Waals surface area contributed by atoms with Crippen molar-refractivity contribution < 1.29 is 0 Å². The summed E-state index contributed by atoms with van der Waals surface area (Å²) >= 11 is 3.46. The van der Waals surface area contributed by atoms with Gasteiger partial charge < -0.3 is 5.32 Å².